The number of rotatable bonds is 4. The molecule has 0 aliphatic rings. The maximum atomic E-state index is 10.7. The van der Waals surface area contributed by atoms with Gasteiger partial charge in [0.05, 0.1) is 14.2 Å². The summed E-state index contributed by atoms with van der Waals surface area (Å²) < 4.78 is 11.3. The fraction of sp³-hybridized carbons (Fsp3) is 0.250. The van der Waals surface area contributed by atoms with Crippen molar-refractivity contribution < 1.29 is 14.6 Å². The van der Waals surface area contributed by atoms with Crippen LogP contribution in [0, 0.1) is 6.92 Å². The van der Waals surface area contributed by atoms with Crippen molar-refractivity contribution in [2.45, 2.75) is 13.0 Å². The Balaban J connectivity index is 2.50. The molecule has 5 heteroatoms. The number of aliphatic hydroxyl groups is 1. The minimum absolute atomic E-state index is 0.571. The van der Waals surface area contributed by atoms with Crippen LogP contribution in [0.5, 0.6) is 11.5 Å². The lowest BCUT2D eigenvalue weighted by Crippen LogP contribution is -2.04. The van der Waals surface area contributed by atoms with Crippen molar-refractivity contribution in [3.05, 3.63) is 56.5 Å². The van der Waals surface area contributed by atoms with Crippen LogP contribution >= 0.6 is 27.5 Å². The summed E-state index contributed by atoms with van der Waals surface area (Å²) in [5.74, 6) is 1.18. The number of aliphatic hydroxyl groups excluding tert-OH is 1. The Morgan fingerprint density at radius 3 is 2.24 bits per heavy atom. The smallest absolute Gasteiger partial charge is 0.161 e. The number of aryl methyl sites for hydroxylation is 1. The highest BCUT2D eigenvalue weighted by Crippen LogP contribution is 2.38. The monoisotopic (exact) mass is 370 g/mol. The van der Waals surface area contributed by atoms with Crippen LogP contribution in [-0.4, -0.2) is 19.3 Å². The van der Waals surface area contributed by atoms with E-state index in [4.69, 9.17) is 21.1 Å². The highest BCUT2D eigenvalue weighted by Gasteiger charge is 2.19. The van der Waals surface area contributed by atoms with E-state index in [2.05, 4.69) is 15.9 Å². The molecule has 0 fully saturated rings. The summed E-state index contributed by atoms with van der Waals surface area (Å²) in [5.41, 5.74) is 2.43. The third-order valence-electron chi connectivity index (χ3n) is 3.32. The molecule has 1 atom stereocenters. The fourth-order valence-corrected chi connectivity index (χ4v) is 2.96. The first-order chi connectivity index (χ1) is 9.97. The van der Waals surface area contributed by atoms with Crippen LogP contribution < -0.4 is 9.47 Å². The summed E-state index contributed by atoms with van der Waals surface area (Å²) in [7, 11) is 3.14. The number of hydrogen-bond donors (Lipinski definition) is 1. The first kappa shape index (κ1) is 16.1. The van der Waals surface area contributed by atoms with E-state index >= 15 is 0 Å². The zero-order valence-electron chi connectivity index (χ0n) is 12.0. The fourth-order valence-electron chi connectivity index (χ4n) is 2.19. The van der Waals surface area contributed by atoms with E-state index in [1.54, 1.807) is 32.4 Å². The van der Waals surface area contributed by atoms with Crippen molar-refractivity contribution >= 4 is 27.5 Å². The zero-order chi connectivity index (χ0) is 15.6. The molecule has 3 nitrogen and oxygen atoms in total. The quantitative estimate of drug-likeness (QED) is 0.859. The minimum atomic E-state index is -0.781. The van der Waals surface area contributed by atoms with E-state index in [0.29, 0.717) is 22.1 Å². The summed E-state index contributed by atoms with van der Waals surface area (Å²) in [6.07, 6.45) is -0.781. The van der Waals surface area contributed by atoms with Gasteiger partial charge in [0.1, 0.15) is 6.10 Å². The van der Waals surface area contributed by atoms with Gasteiger partial charge >= 0.3 is 0 Å². The molecule has 21 heavy (non-hydrogen) atoms. The number of halogens is 2. The van der Waals surface area contributed by atoms with E-state index in [0.717, 1.165) is 15.6 Å². The molecular weight excluding hydrogens is 356 g/mol. The van der Waals surface area contributed by atoms with Crippen molar-refractivity contribution in [3.63, 3.8) is 0 Å². The van der Waals surface area contributed by atoms with Gasteiger partial charge in [0.25, 0.3) is 0 Å². The lowest BCUT2D eigenvalue weighted by Gasteiger charge is -2.18. The highest BCUT2D eigenvalue weighted by atomic mass is 79.9. The Morgan fingerprint density at radius 2 is 1.67 bits per heavy atom. The standard InChI is InChI=1S/C16H16BrClO3/c1-9-6-10(18)4-5-11(9)16(19)12-7-14(20-2)15(21-3)8-13(12)17/h4-8,16,19H,1-3H3. The molecule has 0 radical (unpaired) electrons. The third kappa shape index (κ3) is 3.34. The van der Waals surface area contributed by atoms with Gasteiger partial charge in [-0.15, -0.1) is 0 Å². The predicted molar refractivity (Wildman–Crippen MR) is 87.5 cm³/mol. The van der Waals surface area contributed by atoms with Crippen LogP contribution in [0.15, 0.2) is 34.8 Å². The van der Waals surface area contributed by atoms with E-state index < -0.39 is 6.10 Å². The maximum Gasteiger partial charge on any atom is 0.161 e. The van der Waals surface area contributed by atoms with E-state index in [1.165, 1.54) is 0 Å². The van der Waals surface area contributed by atoms with E-state index in [-0.39, 0.29) is 0 Å². The molecule has 0 saturated heterocycles. The minimum Gasteiger partial charge on any atom is -0.493 e. The van der Waals surface area contributed by atoms with Gasteiger partial charge in [-0.3, -0.25) is 0 Å². The first-order valence-corrected chi connectivity index (χ1v) is 7.50. The SMILES string of the molecule is COc1cc(Br)c(C(O)c2ccc(Cl)cc2C)cc1OC. The Labute approximate surface area is 137 Å². The van der Waals surface area contributed by atoms with Gasteiger partial charge in [-0.25, -0.2) is 0 Å². The number of hydrogen-bond acceptors (Lipinski definition) is 3. The Hall–Kier alpha value is -1.23. The Bertz CT molecular complexity index is 658. The summed E-state index contributed by atoms with van der Waals surface area (Å²) in [5, 5.41) is 11.3. The molecule has 2 aromatic carbocycles. The van der Waals surface area contributed by atoms with Gasteiger partial charge in [0.15, 0.2) is 11.5 Å². The Kier molecular flexibility index (Phi) is 5.14. The van der Waals surface area contributed by atoms with E-state index in [1.807, 2.05) is 19.1 Å². The highest BCUT2D eigenvalue weighted by molar-refractivity contribution is 9.10. The topological polar surface area (TPSA) is 38.7 Å². The molecule has 2 aromatic rings. The lowest BCUT2D eigenvalue weighted by atomic mass is 9.97. The molecule has 0 heterocycles. The van der Waals surface area contributed by atoms with Crippen LogP contribution in [-0.2, 0) is 0 Å². The zero-order valence-corrected chi connectivity index (χ0v) is 14.3. The number of benzene rings is 2. The third-order valence-corrected chi connectivity index (χ3v) is 4.25. The summed E-state index contributed by atoms with van der Waals surface area (Å²) in [6.45, 7) is 1.92. The van der Waals surface area contributed by atoms with Crippen molar-refractivity contribution in [2.24, 2.45) is 0 Å². The second-order valence-electron chi connectivity index (χ2n) is 4.63. The van der Waals surface area contributed by atoms with Crippen LogP contribution in [0.1, 0.15) is 22.8 Å². The summed E-state index contributed by atoms with van der Waals surface area (Å²) in [4.78, 5) is 0. The summed E-state index contributed by atoms with van der Waals surface area (Å²) >= 11 is 9.43. The van der Waals surface area contributed by atoms with Crippen molar-refractivity contribution in [3.8, 4) is 11.5 Å². The van der Waals surface area contributed by atoms with Gasteiger partial charge in [0, 0.05) is 15.1 Å². The molecule has 1 N–H and O–H groups in total. The molecule has 2 rings (SSSR count). The first-order valence-electron chi connectivity index (χ1n) is 6.33. The predicted octanol–water partition coefficient (Wildman–Crippen LogP) is 4.51. The second-order valence-corrected chi connectivity index (χ2v) is 5.92. The maximum absolute atomic E-state index is 10.7. The Morgan fingerprint density at radius 1 is 1.05 bits per heavy atom. The van der Waals surface area contributed by atoms with Gasteiger partial charge < -0.3 is 14.6 Å². The number of ether oxygens (including phenoxy) is 2. The molecule has 0 spiro atoms. The van der Waals surface area contributed by atoms with Crippen molar-refractivity contribution in [1.82, 2.24) is 0 Å². The van der Waals surface area contributed by atoms with Gasteiger partial charge in [0.2, 0.25) is 0 Å². The molecule has 0 aliphatic heterocycles. The molecule has 1 unspecified atom stereocenters. The van der Waals surface area contributed by atoms with Crippen molar-refractivity contribution in [2.75, 3.05) is 14.2 Å². The van der Waals surface area contributed by atoms with Crippen LogP contribution in [0.2, 0.25) is 5.02 Å². The molecule has 0 saturated carbocycles. The second kappa shape index (κ2) is 6.69. The molecule has 0 aliphatic carbocycles. The molecular formula is C16H16BrClO3. The van der Waals surface area contributed by atoms with Gasteiger partial charge in [-0.1, -0.05) is 33.6 Å². The van der Waals surface area contributed by atoms with Gasteiger partial charge in [-0.2, -0.15) is 0 Å². The largest absolute Gasteiger partial charge is 0.493 e. The van der Waals surface area contributed by atoms with Crippen LogP contribution in [0.25, 0.3) is 0 Å². The summed E-state index contributed by atoms with van der Waals surface area (Å²) in [6, 6.07) is 8.96. The van der Waals surface area contributed by atoms with Crippen molar-refractivity contribution in [1.29, 1.82) is 0 Å². The molecule has 0 bridgehead atoms. The van der Waals surface area contributed by atoms with Crippen LogP contribution in [0.3, 0.4) is 0 Å². The average molecular weight is 372 g/mol. The normalized spacial score (nSPS) is 12.1. The van der Waals surface area contributed by atoms with Gasteiger partial charge in [-0.05, 0) is 42.3 Å². The molecule has 0 aromatic heterocycles. The number of methoxy groups -OCH3 is 2. The van der Waals surface area contributed by atoms with E-state index in [9.17, 15) is 5.11 Å². The molecule has 112 valence electrons. The average Bonchev–Trinajstić information content (AvgIpc) is 2.46. The van der Waals surface area contributed by atoms with Crippen LogP contribution in [0.4, 0.5) is 0 Å². The molecule has 0 amide bonds. The lowest BCUT2D eigenvalue weighted by molar-refractivity contribution is 0.218.